The topological polar surface area (TPSA) is 17.8 Å². The van der Waals surface area contributed by atoms with Crippen molar-refractivity contribution in [3.8, 4) is 0 Å². The minimum atomic E-state index is 0.826. The van der Waals surface area contributed by atoms with Crippen LogP contribution >= 0.6 is 22.9 Å². The fourth-order valence-corrected chi connectivity index (χ4v) is 2.54. The van der Waals surface area contributed by atoms with Crippen LogP contribution in [0.4, 0.5) is 0 Å². The van der Waals surface area contributed by atoms with Gasteiger partial charge in [-0.15, -0.1) is 11.3 Å². The van der Waals surface area contributed by atoms with Crippen molar-refractivity contribution in [2.24, 2.45) is 0 Å². The first-order chi connectivity index (χ1) is 7.20. The van der Waals surface area contributed by atoms with Crippen molar-refractivity contribution in [3.05, 3.63) is 39.1 Å². The molecule has 0 atom stereocenters. The third kappa shape index (κ3) is 2.24. The lowest BCUT2D eigenvalue weighted by Gasteiger charge is -2.04. The number of nitrogens with zero attached hydrogens (tertiary/aromatic N) is 2. The minimum absolute atomic E-state index is 0.826. The van der Waals surface area contributed by atoms with Crippen molar-refractivity contribution in [2.75, 3.05) is 0 Å². The number of aromatic nitrogens is 2. The molecule has 2 aromatic rings. The average Bonchev–Trinajstić information content (AvgIpc) is 2.75. The third-order valence-electron chi connectivity index (χ3n) is 2.33. The summed E-state index contributed by atoms with van der Waals surface area (Å²) < 4.78 is 3.05. The Bertz CT molecular complexity index is 459. The Balaban J connectivity index is 2.27. The molecule has 4 heteroatoms. The van der Waals surface area contributed by atoms with Crippen LogP contribution in [-0.2, 0) is 13.0 Å². The SMILES string of the molecule is CCc1nc(C)cn1Cc1ccsc1Cl. The van der Waals surface area contributed by atoms with Gasteiger partial charge in [0.25, 0.3) is 0 Å². The first-order valence-corrected chi connectivity index (χ1v) is 6.21. The molecule has 0 aliphatic heterocycles. The first-order valence-electron chi connectivity index (χ1n) is 4.95. The van der Waals surface area contributed by atoms with Crippen molar-refractivity contribution in [1.82, 2.24) is 9.55 Å². The summed E-state index contributed by atoms with van der Waals surface area (Å²) in [4.78, 5) is 4.46. The van der Waals surface area contributed by atoms with E-state index >= 15 is 0 Å². The molecule has 2 aromatic heterocycles. The molecule has 0 spiro atoms. The number of hydrogen-bond acceptors (Lipinski definition) is 2. The van der Waals surface area contributed by atoms with Crippen LogP contribution in [0.25, 0.3) is 0 Å². The summed E-state index contributed by atoms with van der Waals surface area (Å²) in [7, 11) is 0. The molecular formula is C11H13ClN2S. The second-order valence-corrected chi connectivity index (χ2v) is 5.02. The molecule has 0 amide bonds. The molecule has 0 aromatic carbocycles. The Labute approximate surface area is 98.5 Å². The van der Waals surface area contributed by atoms with Gasteiger partial charge in [-0.1, -0.05) is 18.5 Å². The number of imidazole rings is 1. The lowest BCUT2D eigenvalue weighted by molar-refractivity contribution is 0.734. The summed E-state index contributed by atoms with van der Waals surface area (Å²) in [6.45, 7) is 4.96. The maximum atomic E-state index is 6.08. The van der Waals surface area contributed by atoms with Crippen LogP contribution in [0.5, 0.6) is 0 Å². The summed E-state index contributed by atoms with van der Waals surface area (Å²) >= 11 is 7.65. The molecule has 15 heavy (non-hydrogen) atoms. The van der Waals surface area contributed by atoms with E-state index in [0.717, 1.165) is 28.8 Å². The van der Waals surface area contributed by atoms with Gasteiger partial charge >= 0.3 is 0 Å². The monoisotopic (exact) mass is 240 g/mol. The molecule has 2 heterocycles. The summed E-state index contributed by atoms with van der Waals surface area (Å²) in [5, 5.41) is 2.02. The second kappa shape index (κ2) is 4.37. The molecular weight excluding hydrogens is 228 g/mol. The smallest absolute Gasteiger partial charge is 0.108 e. The summed E-state index contributed by atoms with van der Waals surface area (Å²) in [5.41, 5.74) is 2.24. The number of aryl methyl sites for hydroxylation is 2. The van der Waals surface area contributed by atoms with E-state index in [9.17, 15) is 0 Å². The fraction of sp³-hybridized carbons (Fsp3) is 0.364. The van der Waals surface area contributed by atoms with E-state index in [0.29, 0.717) is 0 Å². The van der Waals surface area contributed by atoms with Crippen LogP contribution in [-0.4, -0.2) is 9.55 Å². The summed E-state index contributed by atoms with van der Waals surface area (Å²) in [6.07, 6.45) is 3.03. The predicted molar refractivity (Wildman–Crippen MR) is 64.8 cm³/mol. The van der Waals surface area contributed by atoms with E-state index in [1.807, 2.05) is 12.3 Å². The Morgan fingerprint density at radius 2 is 2.33 bits per heavy atom. The van der Waals surface area contributed by atoms with Crippen molar-refractivity contribution in [3.63, 3.8) is 0 Å². The van der Waals surface area contributed by atoms with Gasteiger partial charge in [0.2, 0.25) is 0 Å². The third-order valence-corrected chi connectivity index (χ3v) is 3.58. The highest BCUT2D eigenvalue weighted by molar-refractivity contribution is 7.14. The lowest BCUT2D eigenvalue weighted by Crippen LogP contribution is -2.02. The van der Waals surface area contributed by atoms with Crippen LogP contribution in [0.15, 0.2) is 17.6 Å². The highest BCUT2D eigenvalue weighted by atomic mass is 35.5. The van der Waals surface area contributed by atoms with E-state index in [1.165, 1.54) is 5.56 Å². The van der Waals surface area contributed by atoms with Gasteiger partial charge in [0.15, 0.2) is 0 Å². The summed E-state index contributed by atoms with van der Waals surface area (Å²) in [5.74, 6) is 1.12. The molecule has 0 N–H and O–H groups in total. The van der Waals surface area contributed by atoms with E-state index < -0.39 is 0 Å². The summed E-state index contributed by atoms with van der Waals surface area (Å²) in [6, 6.07) is 2.07. The highest BCUT2D eigenvalue weighted by Gasteiger charge is 2.07. The number of halogens is 1. The minimum Gasteiger partial charge on any atom is -0.330 e. The number of hydrogen-bond donors (Lipinski definition) is 0. The zero-order valence-electron chi connectivity index (χ0n) is 8.83. The van der Waals surface area contributed by atoms with E-state index in [-0.39, 0.29) is 0 Å². The molecule has 0 saturated heterocycles. The largest absolute Gasteiger partial charge is 0.330 e. The van der Waals surface area contributed by atoms with Crippen molar-refractivity contribution in [2.45, 2.75) is 26.8 Å². The molecule has 2 nitrogen and oxygen atoms in total. The molecule has 0 aliphatic carbocycles. The van der Waals surface area contributed by atoms with Crippen LogP contribution in [0.1, 0.15) is 24.0 Å². The molecule has 0 saturated carbocycles. The Hall–Kier alpha value is -0.800. The van der Waals surface area contributed by atoms with Crippen molar-refractivity contribution >= 4 is 22.9 Å². The van der Waals surface area contributed by atoms with Crippen LogP contribution < -0.4 is 0 Å². The zero-order valence-corrected chi connectivity index (χ0v) is 10.4. The van der Waals surface area contributed by atoms with Gasteiger partial charge in [-0.25, -0.2) is 4.98 Å². The fourth-order valence-electron chi connectivity index (χ4n) is 1.63. The lowest BCUT2D eigenvalue weighted by atomic mass is 10.3. The van der Waals surface area contributed by atoms with Gasteiger partial charge in [-0.2, -0.15) is 0 Å². The predicted octanol–water partition coefficient (Wildman–Crippen LogP) is 3.52. The molecule has 80 valence electrons. The molecule has 0 fully saturated rings. The molecule has 0 radical (unpaired) electrons. The quantitative estimate of drug-likeness (QED) is 0.803. The van der Waals surface area contributed by atoms with Crippen molar-refractivity contribution < 1.29 is 0 Å². The number of thiophene rings is 1. The van der Waals surface area contributed by atoms with Gasteiger partial charge in [0.1, 0.15) is 5.82 Å². The Morgan fingerprint density at radius 3 is 2.93 bits per heavy atom. The Morgan fingerprint density at radius 1 is 1.53 bits per heavy atom. The van der Waals surface area contributed by atoms with E-state index in [1.54, 1.807) is 11.3 Å². The second-order valence-electron chi connectivity index (χ2n) is 3.50. The standard InChI is InChI=1S/C11H13ClN2S/c1-3-10-13-8(2)6-14(10)7-9-4-5-15-11(9)12/h4-6H,3,7H2,1-2H3. The van der Waals surface area contributed by atoms with Crippen LogP contribution in [0.2, 0.25) is 4.34 Å². The van der Waals surface area contributed by atoms with Crippen LogP contribution in [0, 0.1) is 6.92 Å². The van der Waals surface area contributed by atoms with Gasteiger partial charge < -0.3 is 4.57 Å². The number of rotatable bonds is 3. The van der Waals surface area contributed by atoms with Gasteiger partial charge in [0, 0.05) is 18.2 Å². The van der Waals surface area contributed by atoms with E-state index in [2.05, 4.69) is 28.7 Å². The maximum Gasteiger partial charge on any atom is 0.108 e. The van der Waals surface area contributed by atoms with E-state index in [4.69, 9.17) is 11.6 Å². The van der Waals surface area contributed by atoms with Crippen LogP contribution in [0.3, 0.4) is 0 Å². The molecule has 0 bridgehead atoms. The molecule has 0 unspecified atom stereocenters. The van der Waals surface area contributed by atoms with Gasteiger partial charge in [-0.05, 0) is 18.4 Å². The highest BCUT2D eigenvalue weighted by Crippen LogP contribution is 2.24. The molecule has 2 rings (SSSR count). The maximum absolute atomic E-state index is 6.08. The zero-order chi connectivity index (χ0) is 10.8. The molecule has 0 aliphatic rings. The van der Waals surface area contributed by atoms with Gasteiger partial charge in [-0.3, -0.25) is 0 Å². The Kier molecular flexibility index (Phi) is 3.12. The first kappa shape index (κ1) is 10.7. The van der Waals surface area contributed by atoms with Crippen molar-refractivity contribution in [1.29, 1.82) is 0 Å². The normalized spacial score (nSPS) is 10.9. The van der Waals surface area contributed by atoms with Gasteiger partial charge in [0.05, 0.1) is 16.6 Å². The average molecular weight is 241 g/mol.